The Morgan fingerprint density at radius 2 is 1.94 bits per heavy atom. The van der Waals surface area contributed by atoms with Gasteiger partial charge in [-0.05, 0) is 29.3 Å². The molecule has 0 unspecified atom stereocenters. The summed E-state index contributed by atoms with van der Waals surface area (Å²) in [5.41, 5.74) is 0. The fourth-order valence-corrected chi connectivity index (χ4v) is 2.85. The molecule has 0 amide bonds. The average molecular weight is 247 g/mol. The third kappa shape index (κ3) is 1.90. The molecule has 5 nitrogen and oxygen atoms in total. The second kappa shape index (κ2) is 3.41. The van der Waals surface area contributed by atoms with Crippen LogP contribution in [0.4, 0.5) is 13.2 Å². The van der Waals surface area contributed by atoms with Gasteiger partial charge in [0.25, 0.3) is 0 Å². The predicted molar refractivity (Wildman–Crippen MR) is 51.1 cm³/mol. The van der Waals surface area contributed by atoms with Crippen molar-refractivity contribution in [1.29, 1.82) is 0 Å². The van der Waals surface area contributed by atoms with E-state index in [0.29, 0.717) is 17.7 Å². The van der Waals surface area contributed by atoms with Gasteiger partial charge in [0.2, 0.25) is 0 Å². The number of nitrogens with zero attached hydrogens (tertiary/aromatic N) is 5. The van der Waals surface area contributed by atoms with Crippen molar-refractivity contribution >= 4 is 0 Å². The summed E-state index contributed by atoms with van der Waals surface area (Å²) in [6.45, 7) is 0.754. The molecular weight excluding hydrogens is 235 g/mol. The van der Waals surface area contributed by atoms with Crippen molar-refractivity contribution in [2.24, 2.45) is 11.8 Å². The van der Waals surface area contributed by atoms with E-state index in [1.165, 1.54) is 0 Å². The van der Waals surface area contributed by atoms with Gasteiger partial charge in [-0.25, -0.2) is 4.68 Å². The summed E-state index contributed by atoms with van der Waals surface area (Å²) >= 11 is 0. The van der Waals surface area contributed by atoms with Gasteiger partial charge in [0.1, 0.15) is 6.54 Å². The van der Waals surface area contributed by atoms with Gasteiger partial charge in [-0.2, -0.15) is 13.2 Å². The molecule has 1 aromatic heterocycles. The lowest BCUT2D eigenvalue weighted by Crippen LogP contribution is -2.23. The van der Waals surface area contributed by atoms with E-state index < -0.39 is 12.7 Å². The Morgan fingerprint density at radius 1 is 1.29 bits per heavy atom. The van der Waals surface area contributed by atoms with E-state index in [-0.39, 0.29) is 5.92 Å². The summed E-state index contributed by atoms with van der Waals surface area (Å²) in [4.78, 5) is 2.18. The molecule has 2 fully saturated rings. The van der Waals surface area contributed by atoms with Crippen LogP contribution in [0.2, 0.25) is 0 Å². The highest BCUT2D eigenvalue weighted by atomic mass is 19.4. The number of rotatable bonds is 2. The fraction of sp³-hybridized carbons (Fsp3) is 0.889. The quantitative estimate of drug-likeness (QED) is 0.764. The van der Waals surface area contributed by atoms with E-state index in [9.17, 15) is 13.2 Å². The summed E-state index contributed by atoms with van der Waals surface area (Å²) in [6, 6.07) is 0. The van der Waals surface area contributed by atoms with Crippen molar-refractivity contribution in [1.82, 2.24) is 25.1 Å². The van der Waals surface area contributed by atoms with Crippen molar-refractivity contribution < 1.29 is 13.2 Å². The molecule has 1 aromatic rings. The van der Waals surface area contributed by atoms with Crippen LogP contribution >= 0.6 is 0 Å². The van der Waals surface area contributed by atoms with Gasteiger partial charge in [0, 0.05) is 19.0 Å². The van der Waals surface area contributed by atoms with Crippen molar-refractivity contribution in [3.8, 4) is 0 Å². The van der Waals surface area contributed by atoms with Crippen LogP contribution in [0.3, 0.4) is 0 Å². The van der Waals surface area contributed by atoms with Gasteiger partial charge in [-0.3, -0.25) is 0 Å². The highest BCUT2D eigenvalue weighted by molar-refractivity contribution is 5.19. The summed E-state index contributed by atoms with van der Waals surface area (Å²) in [7, 11) is 2.02. The minimum atomic E-state index is -4.27. The van der Waals surface area contributed by atoms with Crippen LogP contribution in [0.25, 0.3) is 0 Å². The first kappa shape index (κ1) is 10.9. The van der Waals surface area contributed by atoms with Gasteiger partial charge in [-0.1, -0.05) is 0 Å². The SMILES string of the molecule is CN1C[C@@H]2[C@H](C1)[C@H]2c1nnnn1CC(F)(F)F. The maximum Gasteiger partial charge on any atom is 0.408 e. The highest BCUT2D eigenvalue weighted by Gasteiger charge is 2.58. The molecule has 0 spiro atoms. The van der Waals surface area contributed by atoms with Crippen LogP contribution in [-0.4, -0.2) is 51.4 Å². The minimum Gasteiger partial charge on any atom is -0.306 e. The second-order valence-corrected chi connectivity index (χ2v) is 4.88. The number of halogens is 3. The van der Waals surface area contributed by atoms with E-state index in [2.05, 4.69) is 20.4 Å². The smallest absolute Gasteiger partial charge is 0.306 e. The zero-order valence-electron chi connectivity index (χ0n) is 9.22. The number of likely N-dealkylation sites (tertiary alicyclic amines) is 1. The number of piperidine rings is 1. The topological polar surface area (TPSA) is 46.8 Å². The second-order valence-electron chi connectivity index (χ2n) is 4.88. The highest BCUT2D eigenvalue weighted by Crippen LogP contribution is 2.57. The summed E-state index contributed by atoms with van der Waals surface area (Å²) in [6.07, 6.45) is -4.27. The zero-order chi connectivity index (χ0) is 12.2. The molecule has 1 aliphatic heterocycles. The van der Waals surface area contributed by atoms with E-state index in [1.54, 1.807) is 0 Å². The van der Waals surface area contributed by atoms with Gasteiger partial charge >= 0.3 is 6.18 Å². The normalized spacial score (nSPS) is 32.8. The Hall–Kier alpha value is -1.18. The Labute approximate surface area is 95.6 Å². The molecule has 1 saturated heterocycles. The zero-order valence-corrected chi connectivity index (χ0v) is 9.22. The van der Waals surface area contributed by atoms with E-state index in [4.69, 9.17) is 0 Å². The van der Waals surface area contributed by atoms with Crippen molar-refractivity contribution in [2.45, 2.75) is 18.6 Å². The first-order valence-corrected chi connectivity index (χ1v) is 5.47. The van der Waals surface area contributed by atoms with E-state index in [0.717, 1.165) is 17.8 Å². The van der Waals surface area contributed by atoms with Crippen LogP contribution in [0, 0.1) is 11.8 Å². The van der Waals surface area contributed by atoms with Gasteiger partial charge < -0.3 is 4.90 Å². The molecule has 2 heterocycles. The Morgan fingerprint density at radius 3 is 2.53 bits per heavy atom. The van der Waals surface area contributed by atoms with Crippen LogP contribution in [0.1, 0.15) is 11.7 Å². The van der Waals surface area contributed by atoms with Crippen molar-refractivity contribution in [3.63, 3.8) is 0 Å². The monoisotopic (exact) mass is 247 g/mol. The first-order valence-electron chi connectivity index (χ1n) is 5.47. The molecule has 1 aliphatic carbocycles. The Kier molecular flexibility index (Phi) is 2.19. The number of hydrogen-bond acceptors (Lipinski definition) is 4. The maximum atomic E-state index is 12.3. The van der Waals surface area contributed by atoms with Crippen LogP contribution in [-0.2, 0) is 6.54 Å². The number of tetrazole rings is 1. The number of alkyl halides is 3. The van der Waals surface area contributed by atoms with E-state index >= 15 is 0 Å². The van der Waals surface area contributed by atoms with Gasteiger partial charge in [0.05, 0.1) is 0 Å². The van der Waals surface area contributed by atoms with Gasteiger partial charge in [0.15, 0.2) is 5.82 Å². The molecule has 94 valence electrons. The third-order valence-electron chi connectivity index (χ3n) is 3.56. The summed E-state index contributed by atoms with van der Waals surface area (Å²) in [5, 5.41) is 10.5. The van der Waals surface area contributed by atoms with Crippen LogP contribution in [0.5, 0.6) is 0 Å². The van der Waals surface area contributed by atoms with E-state index in [1.807, 2.05) is 7.05 Å². The molecule has 3 atom stereocenters. The summed E-state index contributed by atoms with van der Waals surface area (Å²) < 4.78 is 37.8. The lowest BCUT2D eigenvalue weighted by atomic mass is 10.2. The number of hydrogen-bond donors (Lipinski definition) is 0. The third-order valence-corrected chi connectivity index (χ3v) is 3.56. The maximum absolute atomic E-state index is 12.3. The van der Waals surface area contributed by atoms with Crippen molar-refractivity contribution in [2.75, 3.05) is 20.1 Å². The molecule has 2 aliphatic rings. The lowest BCUT2D eigenvalue weighted by molar-refractivity contribution is -0.143. The van der Waals surface area contributed by atoms with Crippen LogP contribution in [0.15, 0.2) is 0 Å². The standard InChI is InChI=1S/C9H12F3N5/c1-16-2-5-6(3-16)7(5)8-13-14-15-17(8)4-9(10,11)12/h5-7H,2-4H2,1H3/t5-,6+,7+. The number of fused-ring (bicyclic) bond motifs is 1. The van der Waals surface area contributed by atoms with Crippen LogP contribution < -0.4 is 0 Å². The molecule has 0 N–H and O–H groups in total. The summed E-state index contributed by atoms with van der Waals surface area (Å²) in [5.74, 6) is 1.37. The average Bonchev–Trinajstić information content (AvgIpc) is 2.62. The van der Waals surface area contributed by atoms with Gasteiger partial charge in [-0.15, -0.1) is 5.10 Å². The fourth-order valence-electron chi connectivity index (χ4n) is 2.85. The molecule has 0 aromatic carbocycles. The molecular formula is C9H12F3N5. The molecule has 0 bridgehead atoms. The Balaban J connectivity index is 1.76. The molecule has 0 radical (unpaired) electrons. The predicted octanol–water partition coefficient (Wildman–Crippen LogP) is 0.510. The first-order chi connectivity index (χ1) is 7.96. The molecule has 3 rings (SSSR count). The minimum absolute atomic E-state index is 0.114. The Bertz CT molecular complexity index is 417. The largest absolute Gasteiger partial charge is 0.408 e. The number of aromatic nitrogens is 4. The van der Waals surface area contributed by atoms with Crippen molar-refractivity contribution in [3.05, 3.63) is 5.82 Å². The molecule has 8 heteroatoms. The molecule has 1 saturated carbocycles. The molecule has 17 heavy (non-hydrogen) atoms. The lowest BCUT2D eigenvalue weighted by Gasteiger charge is -2.13.